The second-order valence-electron chi connectivity index (χ2n) is 2.63. The molecular weight excluding hydrogens is 347 g/mol. The number of hydrogen-bond donors (Lipinski definition) is 0. The molecule has 3 heteroatoms. The van der Waals surface area contributed by atoms with E-state index in [2.05, 4.69) is 63.6 Å². The fourth-order valence-electron chi connectivity index (χ4n) is 1.19. The van der Waals surface area contributed by atoms with Gasteiger partial charge in [-0.1, -0.05) is 15.9 Å². The van der Waals surface area contributed by atoms with E-state index >= 15 is 0 Å². The first kappa shape index (κ1) is 8.97. The fourth-order valence-corrected chi connectivity index (χ4v) is 3.41. The maximum atomic E-state index is 3.53. The van der Waals surface area contributed by atoms with Crippen molar-refractivity contribution in [2.75, 3.05) is 0 Å². The largest absolute Gasteiger partial charge is 0.129 e. The van der Waals surface area contributed by atoms with Gasteiger partial charge in [-0.25, -0.2) is 0 Å². The molecule has 0 spiro atoms. The van der Waals surface area contributed by atoms with Gasteiger partial charge in [-0.3, -0.25) is 0 Å². The van der Waals surface area contributed by atoms with Crippen LogP contribution in [0.4, 0.5) is 0 Å². The molecule has 0 fully saturated rings. The molecule has 0 aliphatic rings. The second-order valence-corrected chi connectivity index (χ2v) is 6.47. The van der Waals surface area contributed by atoms with Crippen LogP contribution >= 0.6 is 49.9 Å². The third kappa shape index (κ3) is 1.42. The summed E-state index contributed by atoms with van der Waals surface area (Å²) in [6, 6.07) is 6.52. The third-order valence-corrected chi connectivity index (χ3v) is 4.59. The van der Waals surface area contributed by atoms with Gasteiger partial charge in [0.1, 0.15) is 0 Å². The summed E-state index contributed by atoms with van der Waals surface area (Å²) in [5.74, 6) is 0. The lowest BCUT2D eigenvalue weighted by Crippen LogP contribution is -1.74. The molecule has 0 N–H and O–H groups in total. The Morgan fingerprint density at radius 1 is 1.42 bits per heavy atom. The third-order valence-electron chi connectivity index (χ3n) is 1.87. The highest BCUT2D eigenvalue weighted by molar-refractivity contribution is 14.1. The van der Waals surface area contributed by atoms with E-state index in [1.165, 1.54) is 23.0 Å². The van der Waals surface area contributed by atoms with Crippen molar-refractivity contribution in [3.8, 4) is 0 Å². The summed E-state index contributed by atoms with van der Waals surface area (Å²) >= 11 is 7.73. The zero-order valence-corrected chi connectivity index (χ0v) is 11.0. The number of halogens is 2. The SMILES string of the molecule is Cc1c(Br)ccc2sc(I)cc12. The maximum Gasteiger partial charge on any atom is 0.0666 e. The van der Waals surface area contributed by atoms with Crippen molar-refractivity contribution in [2.45, 2.75) is 6.92 Å². The molecule has 0 atom stereocenters. The molecule has 0 unspecified atom stereocenters. The van der Waals surface area contributed by atoms with E-state index in [0.29, 0.717) is 0 Å². The molecule has 0 amide bonds. The molecule has 0 aliphatic carbocycles. The Morgan fingerprint density at radius 2 is 2.17 bits per heavy atom. The van der Waals surface area contributed by atoms with Crippen molar-refractivity contribution in [2.24, 2.45) is 0 Å². The van der Waals surface area contributed by atoms with Gasteiger partial charge in [0, 0.05) is 9.17 Å². The molecule has 0 saturated carbocycles. The van der Waals surface area contributed by atoms with Crippen molar-refractivity contribution in [1.82, 2.24) is 0 Å². The highest BCUT2D eigenvalue weighted by atomic mass is 127. The summed E-state index contributed by atoms with van der Waals surface area (Å²) in [6.07, 6.45) is 0. The number of thiophene rings is 1. The Balaban J connectivity index is 2.89. The van der Waals surface area contributed by atoms with Gasteiger partial charge in [-0.05, 0) is 58.7 Å². The highest BCUT2D eigenvalue weighted by Crippen LogP contribution is 2.32. The topological polar surface area (TPSA) is 0 Å². The minimum atomic E-state index is 1.20. The van der Waals surface area contributed by atoms with Gasteiger partial charge < -0.3 is 0 Å². The molecule has 1 aromatic heterocycles. The van der Waals surface area contributed by atoms with E-state index < -0.39 is 0 Å². The molecule has 1 heterocycles. The zero-order chi connectivity index (χ0) is 8.72. The number of aryl methyl sites for hydroxylation is 1. The molecule has 2 aromatic rings. The van der Waals surface area contributed by atoms with Crippen LogP contribution in [0, 0.1) is 9.81 Å². The maximum absolute atomic E-state index is 3.53. The number of benzene rings is 1. The van der Waals surface area contributed by atoms with E-state index in [1.807, 2.05) is 11.3 Å². The van der Waals surface area contributed by atoms with Gasteiger partial charge in [0.05, 0.1) is 2.88 Å². The van der Waals surface area contributed by atoms with Crippen LogP contribution in [0.5, 0.6) is 0 Å². The van der Waals surface area contributed by atoms with Gasteiger partial charge in [0.25, 0.3) is 0 Å². The molecule has 0 nitrogen and oxygen atoms in total. The van der Waals surface area contributed by atoms with Crippen LogP contribution in [0.3, 0.4) is 0 Å². The fraction of sp³-hybridized carbons (Fsp3) is 0.111. The van der Waals surface area contributed by atoms with Crippen molar-refractivity contribution >= 4 is 59.9 Å². The van der Waals surface area contributed by atoms with Crippen LogP contribution in [0.2, 0.25) is 0 Å². The lowest BCUT2D eigenvalue weighted by atomic mass is 10.2. The van der Waals surface area contributed by atoms with Gasteiger partial charge in [0.2, 0.25) is 0 Å². The Hall–Kier alpha value is 0.390. The van der Waals surface area contributed by atoms with Gasteiger partial charge in [0.15, 0.2) is 0 Å². The predicted molar refractivity (Wildman–Crippen MR) is 67.0 cm³/mol. The van der Waals surface area contributed by atoms with Crippen molar-refractivity contribution in [3.05, 3.63) is 31.1 Å². The van der Waals surface area contributed by atoms with E-state index in [4.69, 9.17) is 0 Å². The minimum Gasteiger partial charge on any atom is -0.129 e. The summed E-state index contributed by atoms with van der Waals surface area (Å²) in [5, 5.41) is 1.37. The molecule has 0 bridgehead atoms. The van der Waals surface area contributed by atoms with Crippen LogP contribution in [-0.4, -0.2) is 0 Å². The van der Waals surface area contributed by atoms with Gasteiger partial charge in [-0.15, -0.1) is 11.3 Å². The van der Waals surface area contributed by atoms with Crippen LogP contribution in [0.1, 0.15) is 5.56 Å². The molecule has 12 heavy (non-hydrogen) atoms. The summed E-state index contributed by atoms with van der Waals surface area (Å²) < 4.78 is 3.92. The van der Waals surface area contributed by atoms with Gasteiger partial charge in [-0.2, -0.15) is 0 Å². The van der Waals surface area contributed by atoms with E-state index in [0.717, 1.165) is 0 Å². The van der Waals surface area contributed by atoms with Crippen LogP contribution in [-0.2, 0) is 0 Å². The average molecular weight is 353 g/mol. The molecule has 2 rings (SSSR count). The smallest absolute Gasteiger partial charge is 0.0666 e. The summed E-state index contributed by atoms with van der Waals surface area (Å²) in [4.78, 5) is 0. The van der Waals surface area contributed by atoms with Crippen LogP contribution < -0.4 is 0 Å². The summed E-state index contributed by atoms with van der Waals surface area (Å²) in [6.45, 7) is 2.15. The number of fused-ring (bicyclic) bond motifs is 1. The Bertz CT molecular complexity index is 433. The van der Waals surface area contributed by atoms with Gasteiger partial charge >= 0.3 is 0 Å². The molecule has 0 aliphatic heterocycles. The standard InChI is InChI=1S/C9H6BrIS/c1-5-6-4-9(11)12-8(6)3-2-7(5)10/h2-4H,1H3. The van der Waals surface area contributed by atoms with E-state index in [1.54, 1.807) is 0 Å². The molecule has 1 aromatic carbocycles. The lowest BCUT2D eigenvalue weighted by Gasteiger charge is -1.97. The molecule has 0 saturated heterocycles. The quantitative estimate of drug-likeness (QED) is 0.609. The minimum absolute atomic E-state index is 1.20. The highest BCUT2D eigenvalue weighted by Gasteiger charge is 2.03. The molecular formula is C9H6BrIS. The van der Waals surface area contributed by atoms with E-state index in [-0.39, 0.29) is 0 Å². The lowest BCUT2D eigenvalue weighted by molar-refractivity contribution is 1.50. The summed E-state index contributed by atoms with van der Waals surface area (Å²) in [7, 11) is 0. The first-order chi connectivity index (χ1) is 5.68. The first-order valence-electron chi connectivity index (χ1n) is 3.52. The zero-order valence-electron chi connectivity index (χ0n) is 6.40. The number of hydrogen-bond acceptors (Lipinski definition) is 1. The predicted octanol–water partition coefficient (Wildman–Crippen LogP) is 4.58. The van der Waals surface area contributed by atoms with Crippen LogP contribution in [0.25, 0.3) is 10.1 Å². The Labute approximate surface area is 97.2 Å². The van der Waals surface area contributed by atoms with Crippen molar-refractivity contribution in [3.63, 3.8) is 0 Å². The number of rotatable bonds is 0. The monoisotopic (exact) mass is 352 g/mol. The second kappa shape index (κ2) is 3.27. The summed E-state index contributed by atoms with van der Waals surface area (Å²) in [5.41, 5.74) is 1.34. The Kier molecular flexibility index (Phi) is 2.44. The van der Waals surface area contributed by atoms with Crippen molar-refractivity contribution in [1.29, 1.82) is 0 Å². The average Bonchev–Trinajstić information content (AvgIpc) is 2.39. The van der Waals surface area contributed by atoms with Crippen LogP contribution in [0.15, 0.2) is 22.7 Å². The van der Waals surface area contributed by atoms with Crippen molar-refractivity contribution < 1.29 is 0 Å². The molecule has 62 valence electrons. The normalized spacial score (nSPS) is 10.9. The molecule has 0 radical (unpaired) electrons. The Morgan fingerprint density at radius 3 is 2.92 bits per heavy atom. The van der Waals surface area contributed by atoms with E-state index in [9.17, 15) is 0 Å². The first-order valence-corrected chi connectivity index (χ1v) is 6.21.